The standard InChI is InChI=1S/C23H27FN2O5/c1-29-12-11-25-22(27)18-14-26(23(28)16-7-4-5-9-19(16)24)13-17(18)15-8-6-10-20(30-2)21(15)31-3/h4-10,17-18H,11-14H2,1-3H3,(H,25,27). The predicted molar refractivity (Wildman–Crippen MR) is 113 cm³/mol. The number of hydrogen-bond acceptors (Lipinski definition) is 5. The van der Waals surface area contributed by atoms with Crippen LogP contribution in [0.3, 0.4) is 0 Å². The molecule has 2 amide bonds. The molecule has 0 saturated carbocycles. The number of ether oxygens (including phenoxy) is 3. The Bertz CT molecular complexity index is 936. The molecule has 7 nitrogen and oxygen atoms in total. The van der Waals surface area contributed by atoms with Gasteiger partial charge in [-0.05, 0) is 18.2 Å². The third-order valence-corrected chi connectivity index (χ3v) is 5.49. The molecule has 2 aromatic carbocycles. The highest BCUT2D eigenvalue weighted by molar-refractivity contribution is 5.95. The van der Waals surface area contributed by atoms with Gasteiger partial charge in [-0.1, -0.05) is 24.3 Å². The maximum atomic E-state index is 14.2. The van der Waals surface area contributed by atoms with Crippen LogP contribution in [0.4, 0.5) is 4.39 Å². The Morgan fingerprint density at radius 1 is 1.06 bits per heavy atom. The maximum Gasteiger partial charge on any atom is 0.256 e. The quantitative estimate of drug-likeness (QED) is 0.651. The van der Waals surface area contributed by atoms with Crippen LogP contribution in [0.1, 0.15) is 21.8 Å². The van der Waals surface area contributed by atoms with Gasteiger partial charge in [0.05, 0.1) is 32.3 Å². The molecule has 0 aliphatic carbocycles. The number of amides is 2. The lowest BCUT2D eigenvalue weighted by atomic mass is 9.87. The van der Waals surface area contributed by atoms with Gasteiger partial charge in [-0.3, -0.25) is 9.59 Å². The van der Waals surface area contributed by atoms with E-state index >= 15 is 0 Å². The Morgan fingerprint density at radius 2 is 1.84 bits per heavy atom. The van der Waals surface area contributed by atoms with Gasteiger partial charge in [-0.2, -0.15) is 0 Å². The average molecular weight is 430 g/mol. The van der Waals surface area contributed by atoms with Gasteiger partial charge in [-0.25, -0.2) is 4.39 Å². The van der Waals surface area contributed by atoms with Crippen LogP contribution in [0.25, 0.3) is 0 Å². The summed E-state index contributed by atoms with van der Waals surface area (Å²) in [6, 6.07) is 11.3. The van der Waals surface area contributed by atoms with Crippen molar-refractivity contribution in [2.45, 2.75) is 5.92 Å². The maximum absolute atomic E-state index is 14.2. The van der Waals surface area contributed by atoms with E-state index in [1.54, 1.807) is 26.4 Å². The molecule has 1 N–H and O–H groups in total. The number of likely N-dealkylation sites (tertiary alicyclic amines) is 1. The molecule has 2 unspecified atom stereocenters. The number of methoxy groups -OCH3 is 3. The number of halogens is 1. The highest BCUT2D eigenvalue weighted by atomic mass is 19.1. The summed E-state index contributed by atoms with van der Waals surface area (Å²) in [4.78, 5) is 27.5. The molecule has 1 aliphatic heterocycles. The average Bonchev–Trinajstić information content (AvgIpc) is 3.24. The SMILES string of the molecule is COCCNC(=O)C1CN(C(=O)c2ccccc2F)CC1c1cccc(OC)c1OC. The lowest BCUT2D eigenvalue weighted by Gasteiger charge is -2.21. The molecule has 0 bridgehead atoms. The van der Waals surface area contributed by atoms with E-state index < -0.39 is 17.6 Å². The summed E-state index contributed by atoms with van der Waals surface area (Å²) < 4.78 is 30.2. The lowest BCUT2D eigenvalue weighted by molar-refractivity contribution is -0.125. The van der Waals surface area contributed by atoms with E-state index in [9.17, 15) is 14.0 Å². The Balaban J connectivity index is 1.94. The van der Waals surface area contributed by atoms with Crippen molar-refractivity contribution in [1.29, 1.82) is 0 Å². The van der Waals surface area contributed by atoms with Crippen LogP contribution in [0.15, 0.2) is 42.5 Å². The van der Waals surface area contributed by atoms with Crippen molar-refractivity contribution in [1.82, 2.24) is 10.2 Å². The minimum absolute atomic E-state index is 0.0145. The lowest BCUT2D eigenvalue weighted by Crippen LogP contribution is -2.37. The minimum atomic E-state index is -0.587. The zero-order chi connectivity index (χ0) is 22.4. The Morgan fingerprint density at radius 3 is 2.52 bits per heavy atom. The van der Waals surface area contributed by atoms with Crippen molar-refractivity contribution >= 4 is 11.8 Å². The summed E-state index contributed by atoms with van der Waals surface area (Å²) in [5.41, 5.74) is 0.747. The van der Waals surface area contributed by atoms with Gasteiger partial charge in [0.25, 0.3) is 5.91 Å². The first-order valence-electron chi connectivity index (χ1n) is 10.0. The van der Waals surface area contributed by atoms with E-state index in [2.05, 4.69) is 5.32 Å². The third kappa shape index (κ3) is 4.80. The number of carbonyl (C=O) groups is 2. The molecule has 3 rings (SSSR count). The molecular weight excluding hydrogens is 403 g/mol. The summed E-state index contributed by atoms with van der Waals surface area (Å²) >= 11 is 0. The first-order valence-corrected chi connectivity index (χ1v) is 10.0. The van der Waals surface area contributed by atoms with Crippen LogP contribution in [0.2, 0.25) is 0 Å². The van der Waals surface area contributed by atoms with Crippen LogP contribution in [-0.2, 0) is 9.53 Å². The summed E-state index contributed by atoms with van der Waals surface area (Å²) in [7, 11) is 4.63. The van der Waals surface area contributed by atoms with Gasteiger partial charge in [0.2, 0.25) is 5.91 Å². The number of rotatable bonds is 8. The molecule has 2 atom stereocenters. The summed E-state index contributed by atoms with van der Waals surface area (Å²) in [5.74, 6) is -1.05. The zero-order valence-corrected chi connectivity index (χ0v) is 17.9. The molecule has 1 saturated heterocycles. The number of carbonyl (C=O) groups excluding carboxylic acids is 2. The van der Waals surface area contributed by atoms with Crippen molar-refractivity contribution < 1.29 is 28.2 Å². The van der Waals surface area contributed by atoms with Gasteiger partial charge in [-0.15, -0.1) is 0 Å². The van der Waals surface area contributed by atoms with Gasteiger partial charge in [0.1, 0.15) is 5.82 Å². The van der Waals surface area contributed by atoms with Crippen LogP contribution in [0, 0.1) is 11.7 Å². The van der Waals surface area contributed by atoms with Crippen molar-refractivity contribution in [3.05, 3.63) is 59.4 Å². The molecule has 1 aliphatic rings. The van der Waals surface area contributed by atoms with Crippen LogP contribution >= 0.6 is 0 Å². The largest absolute Gasteiger partial charge is 0.493 e. The van der Waals surface area contributed by atoms with Crippen molar-refractivity contribution in [3.63, 3.8) is 0 Å². The van der Waals surface area contributed by atoms with E-state index in [-0.39, 0.29) is 30.5 Å². The van der Waals surface area contributed by atoms with Gasteiger partial charge in [0, 0.05) is 38.2 Å². The molecule has 1 heterocycles. The third-order valence-electron chi connectivity index (χ3n) is 5.49. The molecule has 2 aromatic rings. The van der Waals surface area contributed by atoms with Crippen LogP contribution < -0.4 is 14.8 Å². The van der Waals surface area contributed by atoms with Crippen molar-refractivity contribution in [3.8, 4) is 11.5 Å². The normalized spacial score (nSPS) is 18.0. The Hall–Kier alpha value is -3.13. The van der Waals surface area contributed by atoms with E-state index in [1.165, 1.54) is 30.2 Å². The minimum Gasteiger partial charge on any atom is -0.493 e. The summed E-state index contributed by atoms with van der Waals surface area (Å²) in [5, 5.41) is 2.85. The molecular formula is C23H27FN2O5. The summed E-state index contributed by atoms with van der Waals surface area (Å²) in [6.07, 6.45) is 0. The highest BCUT2D eigenvalue weighted by Crippen LogP contribution is 2.42. The fourth-order valence-corrected chi connectivity index (χ4v) is 3.97. The molecule has 166 valence electrons. The molecule has 31 heavy (non-hydrogen) atoms. The molecule has 0 aromatic heterocycles. The molecule has 8 heteroatoms. The molecule has 0 radical (unpaired) electrons. The smallest absolute Gasteiger partial charge is 0.256 e. The second-order valence-corrected chi connectivity index (χ2v) is 7.27. The predicted octanol–water partition coefficient (Wildman–Crippen LogP) is 2.46. The van der Waals surface area contributed by atoms with E-state index in [1.807, 2.05) is 12.1 Å². The van der Waals surface area contributed by atoms with E-state index in [4.69, 9.17) is 14.2 Å². The van der Waals surface area contributed by atoms with Gasteiger partial charge >= 0.3 is 0 Å². The van der Waals surface area contributed by atoms with Crippen LogP contribution in [0.5, 0.6) is 11.5 Å². The topological polar surface area (TPSA) is 77.1 Å². The van der Waals surface area contributed by atoms with Crippen molar-refractivity contribution in [2.75, 3.05) is 47.6 Å². The molecule has 0 spiro atoms. The summed E-state index contributed by atoms with van der Waals surface area (Å²) in [6.45, 7) is 1.15. The fraction of sp³-hybridized carbons (Fsp3) is 0.391. The number of hydrogen-bond donors (Lipinski definition) is 1. The number of para-hydroxylation sites is 1. The number of nitrogens with one attached hydrogen (secondary N) is 1. The first kappa shape index (κ1) is 22.6. The second kappa shape index (κ2) is 10.3. The van der Waals surface area contributed by atoms with Crippen molar-refractivity contribution in [2.24, 2.45) is 5.92 Å². The second-order valence-electron chi connectivity index (χ2n) is 7.27. The highest BCUT2D eigenvalue weighted by Gasteiger charge is 2.42. The van der Waals surface area contributed by atoms with Crippen LogP contribution in [-0.4, -0.2) is 64.3 Å². The van der Waals surface area contributed by atoms with E-state index in [0.717, 1.165) is 5.56 Å². The zero-order valence-electron chi connectivity index (χ0n) is 17.9. The Kier molecular flexibility index (Phi) is 7.46. The van der Waals surface area contributed by atoms with Gasteiger partial charge in [0.15, 0.2) is 11.5 Å². The van der Waals surface area contributed by atoms with E-state index in [0.29, 0.717) is 24.7 Å². The number of nitrogens with zero attached hydrogens (tertiary/aromatic N) is 1. The Labute approximate surface area is 181 Å². The fourth-order valence-electron chi connectivity index (χ4n) is 3.97. The number of benzene rings is 2. The van der Waals surface area contributed by atoms with Gasteiger partial charge < -0.3 is 24.4 Å². The monoisotopic (exact) mass is 430 g/mol. The first-order chi connectivity index (χ1) is 15.0. The molecule has 1 fully saturated rings.